The van der Waals surface area contributed by atoms with Crippen molar-refractivity contribution in [1.82, 2.24) is 4.57 Å². The number of ether oxygens (including phenoxy) is 1. The number of rotatable bonds is 2. The lowest BCUT2D eigenvalue weighted by Crippen LogP contribution is -2.19. The summed E-state index contributed by atoms with van der Waals surface area (Å²) in [4.78, 5) is 12.2. The monoisotopic (exact) mass is 288 g/mol. The molecule has 3 rings (SSSR count). The highest BCUT2D eigenvalue weighted by Gasteiger charge is 2.18. The largest absolute Gasteiger partial charge is 0.376 e. The van der Waals surface area contributed by atoms with Crippen molar-refractivity contribution >= 4 is 22.5 Å². The van der Waals surface area contributed by atoms with Gasteiger partial charge in [-0.25, -0.2) is 0 Å². The highest BCUT2D eigenvalue weighted by atomic mass is 35.5. The number of fused-ring (bicyclic) bond motifs is 1. The van der Waals surface area contributed by atoms with Crippen molar-refractivity contribution in [1.29, 1.82) is 5.26 Å². The number of hydrogen-bond acceptors (Lipinski definition) is 3. The summed E-state index contributed by atoms with van der Waals surface area (Å²) in [5, 5.41) is 10.1. The highest BCUT2D eigenvalue weighted by Crippen LogP contribution is 2.20. The van der Waals surface area contributed by atoms with Gasteiger partial charge in [-0.15, -0.1) is 0 Å². The van der Waals surface area contributed by atoms with Crippen molar-refractivity contribution in [2.45, 2.75) is 25.5 Å². The van der Waals surface area contributed by atoms with Gasteiger partial charge in [0, 0.05) is 29.8 Å². The van der Waals surface area contributed by atoms with E-state index in [9.17, 15) is 4.79 Å². The normalized spacial score (nSPS) is 18.3. The van der Waals surface area contributed by atoms with Gasteiger partial charge in [0.1, 0.15) is 11.6 Å². The van der Waals surface area contributed by atoms with Gasteiger partial charge in [-0.2, -0.15) is 5.26 Å². The maximum atomic E-state index is 12.2. The van der Waals surface area contributed by atoms with Crippen molar-refractivity contribution in [3.8, 4) is 6.07 Å². The fraction of sp³-hybridized carbons (Fsp3) is 0.333. The molecule has 0 radical (unpaired) electrons. The maximum Gasteiger partial charge on any atom is 0.207 e. The molecule has 1 unspecified atom stereocenters. The van der Waals surface area contributed by atoms with E-state index in [2.05, 4.69) is 0 Å². The second kappa shape index (κ2) is 5.28. The molecule has 102 valence electrons. The number of aromatic nitrogens is 1. The van der Waals surface area contributed by atoms with E-state index in [1.807, 2.05) is 16.7 Å². The van der Waals surface area contributed by atoms with Gasteiger partial charge in [0.15, 0.2) is 0 Å². The second-order valence-corrected chi connectivity index (χ2v) is 5.37. The lowest BCUT2D eigenvalue weighted by Gasteiger charge is -2.15. The Morgan fingerprint density at radius 3 is 3.05 bits per heavy atom. The lowest BCUT2D eigenvalue weighted by molar-refractivity contribution is 0.0979. The number of nitrogens with zero attached hydrogens (tertiary/aromatic N) is 2. The van der Waals surface area contributed by atoms with Gasteiger partial charge in [0.25, 0.3) is 0 Å². The first-order valence-corrected chi connectivity index (χ1v) is 6.91. The fourth-order valence-electron chi connectivity index (χ4n) is 2.61. The zero-order valence-corrected chi connectivity index (χ0v) is 11.6. The Labute approximate surface area is 121 Å². The molecule has 0 bridgehead atoms. The van der Waals surface area contributed by atoms with Gasteiger partial charge < -0.3 is 9.30 Å². The second-order valence-electron chi connectivity index (χ2n) is 4.93. The first kappa shape index (κ1) is 13.2. The summed E-state index contributed by atoms with van der Waals surface area (Å²) in [6.45, 7) is 1.42. The van der Waals surface area contributed by atoms with Crippen LogP contribution in [0.1, 0.15) is 18.4 Å². The van der Waals surface area contributed by atoms with Gasteiger partial charge in [-0.3, -0.25) is 4.79 Å². The van der Waals surface area contributed by atoms with Crippen molar-refractivity contribution in [2.24, 2.45) is 0 Å². The molecule has 1 saturated heterocycles. The van der Waals surface area contributed by atoms with Crippen molar-refractivity contribution < 1.29 is 4.74 Å². The van der Waals surface area contributed by atoms with E-state index < -0.39 is 0 Å². The van der Waals surface area contributed by atoms with E-state index in [4.69, 9.17) is 21.6 Å². The summed E-state index contributed by atoms with van der Waals surface area (Å²) >= 11 is 5.95. The summed E-state index contributed by atoms with van der Waals surface area (Å²) in [7, 11) is 0. The molecule has 0 saturated carbocycles. The molecule has 5 heteroatoms. The van der Waals surface area contributed by atoms with E-state index in [0.717, 1.165) is 25.0 Å². The Hall–Kier alpha value is -1.83. The highest BCUT2D eigenvalue weighted by molar-refractivity contribution is 6.31. The molecule has 0 N–H and O–H groups in total. The van der Waals surface area contributed by atoms with E-state index in [1.54, 1.807) is 18.3 Å². The fourth-order valence-corrected chi connectivity index (χ4v) is 2.78. The summed E-state index contributed by atoms with van der Waals surface area (Å²) in [6, 6.07) is 7.14. The molecule has 20 heavy (non-hydrogen) atoms. The smallest absolute Gasteiger partial charge is 0.207 e. The minimum atomic E-state index is -0.270. The molecule has 1 aliphatic rings. The number of hydrogen-bond donors (Lipinski definition) is 0. The predicted molar refractivity (Wildman–Crippen MR) is 76.9 cm³/mol. The lowest BCUT2D eigenvalue weighted by atomic mass is 10.1. The summed E-state index contributed by atoms with van der Waals surface area (Å²) in [5.74, 6) is 0. The molecule has 1 aromatic carbocycles. The number of pyridine rings is 1. The first-order valence-electron chi connectivity index (χ1n) is 6.53. The van der Waals surface area contributed by atoms with Crippen molar-refractivity contribution in [2.75, 3.05) is 6.61 Å². The molecular weight excluding hydrogens is 276 g/mol. The van der Waals surface area contributed by atoms with Crippen LogP contribution in [0.15, 0.2) is 29.2 Å². The van der Waals surface area contributed by atoms with Crippen LogP contribution in [0.5, 0.6) is 0 Å². The zero-order valence-electron chi connectivity index (χ0n) is 10.8. The van der Waals surface area contributed by atoms with Gasteiger partial charge in [0.2, 0.25) is 5.43 Å². The molecule has 2 heterocycles. The summed E-state index contributed by atoms with van der Waals surface area (Å²) < 4.78 is 7.54. The Kier molecular flexibility index (Phi) is 3.47. The number of nitriles is 1. The zero-order chi connectivity index (χ0) is 14.1. The van der Waals surface area contributed by atoms with Crippen LogP contribution >= 0.6 is 11.6 Å². The Morgan fingerprint density at radius 1 is 1.50 bits per heavy atom. The Balaban J connectivity index is 2.17. The van der Waals surface area contributed by atoms with Crippen LogP contribution in [0.25, 0.3) is 10.9 Å². The molecule has 1 aromatic heterocycles. The minimum Gasteiger partial charge on any atom is -0.376 e. The van der Waals surface area contributed by atoms with Crippen LogP contribution in [-0.4, -0.2) is 17.3 Å². The third-order valence-electron chi connectivity index (χ3n) is 3.59. The van der Waals surface area contributed by atoms with Crippen LogP contribution in [0.2, 0.25) is 5.02 Å². The molecule has 1 aliphatic heterocycles. The van der Waals surface area contributed by atoms with Crippen LogP contribution in [0.4, 0.5) is 0 Å². The quantitative estimate of drug-likeness (QED) is 0.854. The van der Waals surface area contributed by atoms with E-state index in [1.165, 1.54) is 0 Å². The third-order valence-corrected chi connectivity index (χ3v) is 3.82. The molecule has 0 aliphatic carbocycles. The Bertz CT molecular complexity index is 755. The van der Waals surface area contributed by atoms with E-state index in [-0.39, 0.29) is 17.1 Å². The topological polar surface area (TPSA) is 55.0 Å². The molecule has 4 nitrogen and oxygen atoms in total. The molecular formula is C15H13ClN2O2. The summed E-state index contributed by atoms with van der Waals surface area (Å²) in [5.41, 5.74) is 0.653. The van der Waals surface area contributed by atoms with Crippen LogP contribution in [0.3, 0.4) is 0 Å². The van der Waals surface area contributed by atoms with Crippen LogP contribution < -0.4 is 5.43 Å². The molecule has 1 fully saturated rings. The van der Waals surface area contributed by atoms with Gasteiger partial charge >= 0.3 is 0 Å². The first-order chi connectivity index (χ1) is 9.69. The van der Waals surface area contributed by atoms with Crippen molar-refractivity contribution in [3.05, 3.63) is 45.2 Å². The summed E-state index contributed by atoms with van der Waals surface area (Å²) in [6.07, 6.45) is 3.81. The van der Waals surface area contributed by atoms with Crippen LogP contribution in [-0.2, 0) is 11.3 Å². The maximum absolute atomic E-state index is 12.2. The predicted octanol–water partition coefficient (Wildman–Crippen LogP) is 2.71. The average Bonchev–Trinajstić information content (AvgIpc) is 2.95. The Morgan fingerprint density at radius 2 is 2.35 bits per heavy atom. The molecule has 2 aromatic rings. The van der Waals surface area contributed by atoms with Crippen molar-refractivity contribution in [3.63, 3.8) is 0 Å². The number of halogens is 1. The average molecular weight is 289 g/mol. The van der Waals surface area contributed by atoms with E-state index >= 15 is 0 Å². The van der Waals surface area contributed by atoms with Gasteiger partial charge in [-0.1, -0.05) is 11.6 Å². The molecule has 0 amide bonds. The van der Waals surface area contributed by atoms with Gasteiger partial charge in [-0.05, 0) is 31.0 Å². The third kappa shape index (κ3) is 2.31. The molecule has 0 spiro atoms. The SMILES string of the molecule is N#Cc1cn(CC2CCCO2)c2ccc(Cl)cc2c1=O. The van der Waals surface area contributed by atoms with Gasteiger partial charge in [0.05, 0.1) is 11.6 Å². The molecule has 1 atom stereocenters. The standard InChI is InChI=1S/C15H13ClN2O2/c16-11-3-4-14-13(6-11)15(19)10(7-17)8-18(14)9-12-2-1-5-20-12/h3-4,6,8,12H,1-2,5,9H2. The van der Waals surface area contributed by atoms with Crippen LogP contribution in [0, 0.1) is 11.3 Å². The number of benzene rings is 1. The van der Waals surface area contributed by atoms with E-state index in [0.29, 0.717) is 17.0 Å². The minimum absolute atomic E-state index is 0.137.